The van der Waals surface area contributed by atoms with Gasteiger partial charge in [-0.25, -0.2) is 0 Å². The Morgan fingerprint density at radius 1 is 1.25 bits per heavy atom. The van der Waals surface area contributed by atoms with E-state index in [1.54, 1.807) is 11.8 Å². The fourth-order valence-corrected chi connectivity index (χ4v) is 2.26. The van der Waals surface area contributed by atoms with Crippen LogP contribution in [0, 0.1) is 0 Å². The van der Waals surface area contributed by atoms with Crippen molar-refractivity contribution in [2.75, 3.05) is 5.75 Å². The van der Waals surface area contributed by atoms with E-state index in [1.165, 1.54) is 10.5 Å². The van der Waals surface area contributed by atoms with Gasteiger partial charge < -0.3 is 0 Å². The maximum absolute atomic E-state index is 11.4. The lowest BCUT2D eigenvalue weighted by molar-refractivity contribution is -0.116. The molecular formula is C14H20OS. The second-order valence-electron chi connectivity index (χ2n) is 4.30. The Morgan fingerprint density at radius 3 is 2.38 bits per heavy atom. The van der Waals surface area contributed by atoms with Crippen molar-refractivity contribution in [1.82, 2.24) is 0 Å². The number of ketones is 1. The van der Waals surface area contributed by atoms with Crippen molar-refractivity contribution in [3.8, 4) is 0 Å². The predicted octanol–water partition coefficient (Wildman–Crippen LogP) is 4.27. The van der Waals surface area contributed by atoms with Gasteiger partial charge in [0.1, 0.15) is 5.78 Å². The van der Waals surface area contributed by atoms with Gasteiger partial charge in [0.05, 0.1) is 5.75 Å². The molecular weight excluding hydrogens is 216 g/mol. The average molecular weight is 236 g/mol. The molecule has 0 aliphatic rings. The van der Waals surface area contributed by atoms with Gasteiger partial charge in [0.2, 0.25) is 0 Å². The Labute approximate surface area is 103 Å². The third-order valence-electron chi connectivity index (χ3n) is 2.48. The summed E-state index contributed by atoms with van der Waals surface area (Å²) in [5.41, 5.74) is 1.35. The maximum atomic E-state index is 11.4. The summed E-state index contributed by atoms with van der Waals surface area (Å²) in [5.74, 6) is 1.52. The predicted molar refractivity (Wildman–Crippen MR) is 71.2 cm³/mol. The second kappa shape index (κ2) is 6.74. The topological polar surface area (TPSA) is 17.1 Å². The zero-order valence-corrected chi connectivity index (χ0v) is 11.1. The van der Waals surface area contributed by atoms with Gasteiger partial charge in [-0.3, -0.25) is 4.79 Å². The first kappa shape index (κ1) is 13.3. The number of rotatable bonds is 6. The Bertz CT molecular complexity index is 327. The van der Waals surface area contributed by atoms with Gasteiger partial charge in [0, 0.05) is 11.3 Å². The van der Waals surface area contributed by atoms with Gasteiger partial charge in [-0.2, -0.15) is 0 Å². The van der Waals surface area contributed by atoms with Crippen LogP contribution < -0.4 is 0 Å². The monoisotopic (exact) mass is 236 g/mol. The van der Waals surface area contributed by atoms with E-state index < -0.39 is 0 Å². The molecule has 0 aliphatic carbocycles. The Balaban J connectivity index is 2.46. The second-order valence-corrected chi connectivity index (χ2v) is 5.35. The van der Waals surface area contributed by atoms with Crippen LogP contribution in [0.5, 0.6) is 0 Å². The number of benzene rings is 1. The molecule has 0 bridgehead atoms. The number of carbonyl (C=O) groups excluding carboxylic acids is 1. The summed E-state index contributed by atoms with van der Waals surface area (Å²) < 4.78 is 0. The number of Topliss-reactive ketones (excluding diaryl/α,β-unsaturated/α-hetero) is 1. The van der Waals surface area contributed by atoms with E-state index >= 15 is 0 Å². The van der Waals surface area contributed by atoms with Crippen molar-refractivity contribution < 1.29 is 4.79 Å². The van der Waals surface area contributed by atoms with Gasteiger partial charge in [-0.15, -0.1) is 11.8 Å². The third kappa shape index (κ3) is 4.40. The molecule has 0 spiro atoms. The summed E-state index contributed by atoms with van der Waals surface area (Å²) in [7, 11) is 0. The highest BCUT2D eigenvalue weighted by atomic mass is 32.2. The molecule has 0 radical (unpaired) electrons. The van der Waals surface area contributed by atoms with Crippen molar-refractivity contribution >= 4 is 17.5 Å². The zero-order chi connectivity index (χ0) is 12.0. The van der Waals surface area contributed by atoms with Gasteiger partial charge in [0.15, 0.2) is 0 Å². The van der Waals surface area contributed by atoms with Gasteiger partial charge in [0.25, 0.3) is 0 Å². The molecule has 0 aromatic heterocycles. The summed E-state index contributed by atoms with van der Waals surface area (Å²) in [4.78, 5) is 12.6. The first-order valence-corrected chi connectivity index (χ1v) is 6.86. The molecule has 0 saturated heterocycles. The molecule has 0 amide bonds. The maximum Gasteiger partial charge on any atom is 0.143 e. The molecule has 0 unspecified atom stereocenters. The van der Waals surface area contributed by atoms with Crippen molar-refractivity contribution in [2.24, 2.45) is 0 Å². The summed E-state index contributed by atoms with van der Waals surface area (Å²) in [6.07, 6.45) is 1.66. The van der Waals surface area contributed by atoms with Crippen LogP contribution in [0.2, 0.25) is 0 Å². The lowest BCUT2D eigenvalue weighted by Crippen LogP contribution is -1.99. The summed E-state index contributed by atoms with van der Waals surface area (Å²) in [6, 6.07) is 8.52. The highest BCUT2D eigenvalue weighted by Gasteiger charge is 2.03. The molecule has 0 atom stereocenters. The molecule has 16 heavy (non-hydrogen) atoms. The van der Waals surface area contributed by atoms with Gasteiger partial charge in [-0.1, -0.05) is 32.9 Å². The molecule has 0 heterocycles. The normalized spacial score (nSPS) is 10.8. The number of hydrogen-bond acceptors (Lipinski definition) is 2. The Morgan fingerprint density at radius 2 is 1.88 bits per heavy atom. The molecule has 0 saturated carbocycles. The Hall–Kier alpha value is -0.760. The van der Waals surface area contributed by atoms with Crippen LogP contribution in [0.25, 0.3) is 0 Å². The van der Waals surface area contributed by atoms with Crippen LogP contribution in [0.4, 0.5) is 0 Å². The molecule has 1 nitrogen and oxygen atoms in total. The van der Waals surface area contributed by atoms with Crippen LogP contribution >= 0.6 is 11.8 Å². The SMILES string of the molecule is CCCC(=O)CSc1ccc(C(C)C)cc1. The highest BCUT2D eigenvalue weighted by Crippen LogP contribution is 2.22. The van der Waals surface area contributed by atoms with Crippen LogP contribution in [0.3, 0.4) is 0 Å². The molecule has 1 rings (SSSR count). The van der Waals surface area contributed by atoms with Crippen molar-refractivity contribution in [3.63, 3.8) is 0 Å². The zero-order valence-electron chi connectivity index (χ0n) is 10.3. The van der Waals surface area contributed by atoms with Crippen LogP contribution in [0.15, 0.2) is 29.2 Å². The van der Waals surface area contributed by atoms with Gasteiger partial charge in [-0.05, 0) is 30.0 Å². The summed E-state index contributed by atoms with van der Waals surface area (Å²) in [6.45, 7) is 6.42. The minimum Gasteiger partial charge on any atom is -0.299 e. The minimum atomic E-state index is 0.348. The molecule has 88 valence electrons. The van der Waals surface area contributed by atoms with Crippen LogP contribution in [0.1, 0.15) is 45.1 Å². The van der Waals surface area contributed by atoms with Crippen molar-refractivity contribution in [3.05, 3.63) is 29.8 Å². The molecule has 0 aliphatic heterocycles. The molecule has 1 aromatic carbocycles. The third-order valence-corrected chi connectivity index (χ3v) is 3.55. The Kier molecular flexibility index (Phi) is 5.61. The summed E-state index contributed by atoms with van der Waals surface area (Å²) >= 11 is 1.64. The smallest absolute Gasteiger partial charge is 0.143 e. The van der Waals surface area contributed by atoms with E-state index in [4.69, 9.17) is 0 Å². The lowest BCUT2D eigenvalue weighted by Gasteiger charge is -2.06. The number of carbonyl (C=O) groups is 1. The highest BCUT2D eigenvalue weighted by molar-refractivity contribution is 8.00. The first-order chi connectivity index (χ1) is 7.63. The van der Waals surface area contributed by atoms with E-state index in [0.717, 1.165) is 6.42 Å². The molecule has 2 heteroatoms. The van der Waals surface area contributed by atoms with Crippen molar-refractivity contribution in [1.29, 1.82) is 0 Å². The number of thioether (sulfide) groups is 1. The molecule has 0 fully saturated rings. The van der Waals surface area contributed by atoms with E-state index in [0.29, 0.717) is 23.9 Å². The van der Waals surface area contributed by atoms with Crippen LogP contribution in [-0.2, 0) is 4.79 Å². The fraction of sp³-hybridized carbons (Fsp3) is 0.500. The van der Waals surface area contributed by atoms with Crippen molar-refractivity contribution in [2.45, 2.75) is 44.4 Å². The summed E-state index contributed by atoms with van der Waals surface area (Å²) in [5, 5.41) is 0. The molecule has 1 aromatic rings. The van der Waals surface area contributed by atoms with E-state index in [9.17, 15) is 4.79 Å². The fourth-order valence-electron chi connectivity index (χ4n) is 1.46. The standard InChI is InChI=1S/C14H20OS/c1-4-5-13(15)10-16-14-8-6-12(7-9-14)11(2)3/h6-9,11H,4-5,10H2,1-3H3. The van der Waals surface area contributed by atoms with Crippen LogP contribution in [-0.4, -0.2) is 11.5 Å². The quantitative estimate of drug-likeness (QED) is 0.686. The van der Waals surface area contributed by atoms with E-state index in [-0.39, 0.29) is 0 Å². The average Bonchev–Trinajstić information content (AvgIpc) is 2.27. The minimum absolute atomic E-state index is 0.348. The number of hydrogen-bond donors (Lipinski definition) is 0. The van der Waals surface area contributed by atoms with E-state index in [2.05, 4.69) is 38.1 Å². The first-order valence-electron chi connectivity index (χ1n) is 5.88. The molecule has 0 N–H and O–H groups in total. The van der Waals surface area contributed by atoms with Gasteiger partial charge >= 0.3 is 0 Å². The lowest BCUT2D eigenvalue weighted by atomic mass is 10.0. The van der Waals surface area contributed by atoms with E-state index in [1.807, 2.05) is 6.92 Å². The largest absolute Gasteiger partial charge is 0.299 e.